The second kappa shape index (κ2) is 10.6. The average Bonchev–Trinajstić information content (AvgIpc) is 2.74. The van der Waals surface area contributed by atoms with Gasteiger partial charge in [0.05, 0.1) is 43.7 Å². The SMILES string of the molecule is COCCNC(=O)CN1CCCC[C@@H]1c1nc(C)ncc1C(=O)N1CCOCC1. The van der Waals surface area contributed by atoms with Gasteiger partial charge in [0.15, 0.2) is 0 Å². The molecule has 2 saturated heterocycles. The van der Waals surface area contributed by atoms with Crippen molar-refractivity contribution in [1.82, 2.24) is 25.1 Å². The molecule has 1 atom stereocenters. The van der Waals surface area contributed by atoms with E-state index in [2.05, 4.69) is 20.2 Å². The molecule has 2 amide bonds. The van der Waals surface area contributed by atoms with Gasteiger partial charge < -0.3 is 19.7 Å². The first-order chi connectivity index (χ1) is 14.1. The molecule has 0 bridgehead atoms. The Kier molecular flexibility index (Phi) is 7.91. The van der Waals surface area contributed by atoms with Crippen LogP contribution < -0.4 is 5.32 Å². The van der Waals surface area contributed by atoms with Crippen LogP contribution in [0.15, 0.2) is 6.20 Å². The van der Waals surface area contributed by atoms with E-state index < -0.39 is 0 Å². The van der Waals surface area contributed by atoms with Crippen LogP contribution in [0.25, 0.3) is 0 Å². The summed E-state index contributed by atoms with van der Waals surface area (Å²) in [6, 6.07) is -0.0707. The number of nitrogens with zero attached hydrogens (tertiary/aromatic N) is 4. The number of carbonyl (C=O) groups excluding carboxylic acids is 2. The topological polar surface area (TPSA) is 96.9 Å². The van der Waals surface area contributed by atoms with Crippen LogP contribution >= 0.6 is 0 Å². The second-order valence-corrected chi connectivity index (χ2v) is 7.45. The van der Waals surface area contributed by atoms with E-state index >= 15 is 0 Å². The molecule has 2 aliphatic rings. The van der Waals surface area contributed by atoms with Crippen molar-refractivity contribution in [3.63, 3.8) is 0 Å². The number of nitrogens with one attached hydrogen (secondary N) is 1. The Balaban J connectivity index is 1.79. The number of ether oxygens (including phenoxy) is 2. The number of hydrogen-bond donors (Lipinski definition) is 1. The molecule has 0 radical (unpaired) electrons. The minimum Gasteiger partial charge on any atom is -0.383 e. The van der Waals surface area contributed by atoms with E-state index in [4.69, 9.17) is 9.47 Å². The van der Waals surface area contributed by atoms with Gasteiger partial charge in [-0.1, -0.05) is 6.42 Å². The van der Waals surface area contributed by atoms with Gasteiger partial charge in [0.2, 0.25) is 5.91 Å². The van der Waals surface area contributed by atoms with Crippen LogP contribution in [-0.4, -0.2) is 91.2 Å². The normalized spacial score (nSPS) is 20.5. The van der Waals surface area contributed by atoms with Crippen LogP contribution in [0, 0.1) is 6.92 Å². The molecule has 160 valence electrons. The van der Waals surface area contributed by atoms with Gasteiger partial charge in [0, 0.05) is 32.9 Å². The Morgan fingerprint density at radius 2 is 2.07 bits per heavy atom. The van der Waals surface area contributed by atoms with E-state index in [1.54, 1.807) is 18.2 Å². The number of carbonyl (C=O) groups is 2. The molecule has 9 heteroatoms. The van der Waals surface area contributed by atoms with Crippen LogP contribution in [0.2, 0.25) is 0 Å². The Morgan fingerprint density at radius 3 is 2.83 bits per heavy atom. The zero-order chi connectivity index (χ0) is 20.6. The summed E-state index contributed by atoms with van der Waals surface area (Å²) in [5, 5.41) is 2.88. The summed E-state index contributed by atoms with van der Waals surface area (Å²) in [5.41, 5.74) is 1.27. The Bertz CT molecular complexity index is 708. The van der Waals surface area contributed by atoms with Crippen molar-refractivity contribution >= 4 is 11.8 Å². The van der Waals surface area contributed by atoms with Crippen molar-refractivity contribution in [3.05, 3.63) is 23.3 Å². The molecular weight excluding hydrogens is 374 g/mol. The van der Waals surface area contributed by atoms with Crippen molar-refractivity contribution in [3.8, 4) is 0 Å². The third-order valence-corrected chi connectivity index (χ3v) is 5.37. The van der Waals surface area contributed by atoms with Crippen LogP contribution in [0.1, 0.15) is 47.2 Å². The van der Waals surface area contributed by atoms with Crippen molar-refractivity contribution in [2.75, 3.05) is 59.7 Å². The number of aromatic nitrogens is 2. The number of hydrogen-bond acceptors (Lipinski definition) is 7. The zero-order valence-electron chi connectivity index (χ0n) is 17.4. The fourth-order valence-electron chi connectivity index (χ4n) is 3.87. The van der Waals surface area contributed by atoms with E-state index in [0.29, 0.717) is 50.8 Å². The summed E-state index contributed by atoms with van der Waals surface area (Å²) in [6.07, 6.45) is 4.57. The van der Waals surface area contributed by atoms with Crippen LogP contribution in [-0.2, 0) is 14.3 Å². The second-order valence-electron chi connectivity index (χ2n) is 7.45. The van der Waals surface area contributed by atoms with E-state index in [0.717, 1.165) is 31.5 Å². The van der Waals surface area contributed by atoms with Crippen molar-refractivity contribution < 1.29 is 19.1 Å². The summed E-state index contributed by atoms with van der Waals surface area (Å²) in [4.78, 5) is 38.4. The molecule has 1 aromatic heterocycles. The first kappa shape index (κ1) is 21.6. The van der Waals surface area contributed by atoms with Gasteiger partial charge in [-0.3, -0.25) is 14.5 Å². The number of amides is 2. The van der Waals surface area contributed by atoms with Crippen molar-refractivity contribution in [2.24, 2.45) is 0 Å². The Morgan fingerprint density at radius 1 is 1.28 bits per heavy atom. The molecule has 2 fully saturated rings. The molecule has 0 aliphatic carbocycles. The third-order valence-electron chi connectivity index (χ3n) is 5.37. The standard InChI is InChI=1S/C20H31N5O4/c1-15-22-13-16(20(27)24-8-11-29-12-9-24)19(23-15)17-5-3-4-7-25(17)14-18(26)21-6-10-28-2/h13,17H,3-12,14H2,1-2H3,(H,21,26)/t17-/m1/s1. The molecule has 2 aliphatic heterocycles. The van der Waals surface area contributed by atoms with Gasteiger partial charge in [0.1, 0.15) is 5.82 Å². The van der Waals surface area contributed by atoms with Gasteiger partial charge >= 0.3 is 0 Å². The minimum atomic E-state index is -0.0707. The lowest BCUT2D eigenvalue weighted by molar-refractivity contribution is -0.123. The molecule has 3 rings (SSSR count). The van der Waals surface area contributed by atoms with Gasteiger partial charge in [-0.15, -0.1) is 0 Å². The summed E-state index contributed by atoms with van der Waals surface area (Å²) in [5.74, 6) is 0.535. The zero-order valence-corrected chi connectivity index (χ0v) is 17.4. The molecule has 0 saturated carbocycles. The fourth-order valence-corrected chi connectivity index (χ4v) is 3.87. The predicted molar refractivity (Wildman–Crippen MR) is 107 cm³/mol. The highest BCUT2D eigenvalue weighted by molar-refractivity contribution is 5.95. The monoisotopic (exact) mass is 405 g/mol. The maximum absolute atomic E-state index is 13.2. The summed E-state index contributed by atoms with van der Waals surface area (Å²) in [7, 11) is 1.61. The van der Waals surface area contributed by atoms with Crippen LogP contribution in [0.5, 0.6) is 0 Å². The largest absolute Gasteiger partial charge is 0.383 e. The number of aryl methyl sites for hydroxylation is 1. The molecule has 29 heavy (non-hydrogen) atoms. The first-order valence-corrected chi connectivity index (χ1v) is 10.3. The molecule has 1 aromatic rings. The highest BCUT2D eigenvalue weighted by Crippen LogP contribution is 2.32. The quantitative estimate of drug-likeness (QED) is 0.662. The lowest BCUT2D eigenvalue weighted by Crippen LogP contribution is -2.44. The van der Waals surface area contributed by atoms with Crippen LogP contribution in [0.4, 0.5) is 0 Å². The number of piperidine rings is 1. The van der Waals surface area contributed by atoms with Crippen LogP contribution in [0.3, 0.4) is 0 Å². The predicted octanol–water partition coefficient (Wildman–Crippen LogP) is 0.547. The Labute approximate surface area is 171 Å². The lowest BCUT2D eigenvalue weighted by Gasteiger charge is -2.36. The molecule has 3 heterocycles. The highest BCUT2D eigenvalue weighted by atomic mass is 16.5. The van der Waals surface area contributed by atoms with E-state index in [9.17, 15) is 9.59 Å². The smallest absolute Gasteiger partial charge is 0.257 e. The maximum atomic E-state index is 13.2. The molecule has 1 N–H and O–H groups in total. The number of likely N-dealkylation sites (tertiary alicyclic amines) is 1. The molecule has 9 nitrogen and oxygen atoms in total. The number of morpholine rings is 1. The van der Waals surface area contributed by atoms with Gasteiger partial charge in [0.25, 0.3) is 5.91 Å². The number of rotatable bonds is 7. The summed E-state index contributed by atoms with van der Waals surface area (Å²) in [6.45, 7) is 6.12. The summed E-state index contributed by atoms with van der Waals surface area (Å²) < 4.78 is 10.4. The average molecular weight is 405 g/mol. The van der Waals surface area contributed by atoms with Crippen molar-refractivity contribution in [2.45, 2.75) is 32.2 Å². The van der Waals surface area contributed by atoms with Gasteiger partial charge in [-0.25, -0.2) is 9.97 Å². The van der Waals surface area contributed by atoms with Crippen molar-refractivity contribution in [1.29, 1.82) is 0 Å². The lowest BCUT2D eigenvalue weighted by atomic mass is 9.95. The molecule has 0 aromatic carbocycles. The van der Waals surface area contributed by atoms with E-state index in [-0.39, 0.29) is 24.4 Å². The molecule has 0 unspecified atom stereocenters. The van der Waals surface area contributed by atoms with Gasteiger partial charge in [-0.2, -0.15) is 0 Å². The van der Waals surface area contributed by atoms with Gasteiger partial charge in [-0.05, 0) is 26.3 Å². The van der Waals surface area contributed by atoms with E-state index in [1.165, 1.54) is 0 Å². The minimum absolute atomic E-state index is 0.0409. The molecule has 0 spiro atoms. The Hall–Kier alpha value is -2.10. The highest BCUT2D eigenvalue weighted by Gasteiger charge is 2.32. The van der Waals surface area contributed by atoms with E-state index in [1.807, 2.05) is 6.92 Å². The fraction of sp³-hybridized carbons (Fsp3) is 0.700. The third kappa shape index (κ3) is 5.71. The summed E-state index contributed by atoms with van der Waals surface area (Å²) >= 11 is 0. The maximum Gasteiger partial charge on any atom is 0.257 e. The molecular formula is C20H31N5O4. The number of methoxy groups -OCH3 is 1. The first-order valence-electron chi connectivity index (χ1n) is 10.3.